The minimum atomic E-state index is -4.28. The van der Waals surface area contributed by atoms with Crippen molar-refractivity contribution in [3.05, 3.63) is 0 Å². The quantitative estimate of drug-likeness (QED) is 0.359. The molecule has 16 heavy (non-hydrogen) atoms. The Morgan fingerprint density at radius 3 is 2.25 bits per heavy atom. The Hall–Kier alpha value is 1.75. The van der Waals surface area contributed by atoms with Crippen molar-refractivity contribution in [1.82, 2.24) is 0 Å². The molecule has 0 aromatic heterocycles. The summed E-state index contributed by atoms with van der Waals surface area (Å²) < 4.78 is 15.1. The van der Waals surface area contributed by atoms with Gasteiger partial charge in [0, 0.05) is 0 Å². The van der Waals surface area contributed by atoms with Crippen LogP contribution < -0.4 is 51.4 Å². The predicted octanol–water partition coefficient (Wildman–Crippen LogP) is 0.209. The number of hydrogen-bond acceptors (Lipinski definition) is 2. The summed E-state index contributed by atoms with van der Waals surface area (Å²) >= 11 is 0. The molecule has 0 rings (SSSR count). The standard InChI is InChI=1S/C10H23O4P.K.H/c1-3-5-6-8-10(7-4-2)9-14-15(11,12)13;;/h10H,3-9H2,1-2H3,(H2,11,12,13);;/q;+1;-1. The summed E-state index contributed by atoms with van der Waals surface area (Å²) in [6.07, 6.45) is 6.46. The number of hydrogen-bond donors (Lipinski definition) is 2. The van der Waals surface area contributed by atoms with Gasteiger partial charge in [0.05, 0.1) is 6.61 Å². The van der Waals surface area contributed by atoms with Gasteiger partial charge in [-0.15, -0.1) is 0 Å². The summed E-state index contributed by atoms with van der Waals surface area (Å²) in [6.45, 7) is 4.40. The fourth-order valence-corrected chi connectivity index (χ4v) is 2.01. The van der Waals surface area contributed by atoms with Crippen molar-refractivity contribution in [1.29, 1.82) is 0 Å². The second-order valence-electron chi connectivity index (χ2n) is 3.94. The van der Waals surface area contributed by atoms with Gasteiger partial charge in [0.2, 0.25) is 0 Å². The molecule has 0 spiro atoms. The van der Waals surface area contributed by atoms with Gasteiger partial charge in [-0.2, -0.15) is 0 Å². The molecule has 6 heteroatoms. The Kier molecular flexibility index (Phi) is 14.8. The Morgan fingerprint density at radius 1 is 1.19 bits per heavy atom. The summed E-state index contributed by atoms with van der Waals surface area (Å²) in [5.41, 5.74) is 0. The monoisotopic (exact) mass is 278 g/mol. The average molecular weight is 278 g/mol. The molecule has 0 amide bonds. The van der Waals surface area contributed by atoms with E-state index in [9.17, 15) is 4.57 Å². The third-order valence-corrected chi connectivity index (χ3v) is 2.88. The molecule has 0 heterocycles. The number of unbranched alkanes of at least 4 members (excludes halogenated alkanes) is 2. The molecule has 0 aliphatic heterocycles. The molecule has 1 atom stereocenters. The first-order chi connectivity index (χ1) is 6.99. The molecule has 0 fully saturated rings. The molecule has 0 bridgehead atoms. The van der Waals surface area contributed by atoms with Gasteiger partial charge in [0.15, 0.2) is 0 Å². The van der Waals surface area contributed by atoms with E-state index in [0.717, 1.165) is 32.1 Å². The van der Waals surface area contributed by atoms with Crippen molar-refractivity contribution in [2.45, 2.75) is 52.4 Å². The Morgan fingerprint density at radius 2 is 1.81 bits per heavy atom. The molecule has 0 aliphatic carbocycles. The average Bonchev–Trinajstić information content (AvgIpc) is 2.13. The maximum atomic E-state index is 10.5. The van der Waals surface area contributed by atoms with Crippen molar-refractivity contribution in [3.63, 3.8) is 0 Å². The Labute approximate surface area is 143 Å². The van der Waals surface area contributed by atoms with E-state index >= 15 is 0 Å². The van der Waals surface area contributed by atoms with Gasteiger partial charge in [-0.3, -0.25) is 4.52 Å². The zero-order chi connectivity index (χ0) is 11.7. The zero-order valence-corrected chi connectivity index (χ0v) is 14.7. The van der Waals surface area contributed by atoms with Crippen LogP contribution in [0.2, 0.25) is 0 Å². The van der Waals surface area contributed by atoms with Crippen LogP contribution in [0.5, 0.6) is 0 Å². The molecule has 0 aromatic rings. The summed E-state index contributed by atoms with van der Waals surface area (Å²) in [4.78, 5) is 17.2. The van der Waals surface area contributed by atoms with E-state index in [0.29, 0.717) is 0 Å². The van der Waals surface area contributed by atoms with Gasteiger partial charge in [-0.05, 0) is 18.8 Å². The number of rotatable bonds is 9. The van der Waals surface area contributed by atoms with Crippen molar-refractivity contribution in [2.24, 2.45) is 5.92 Å². The van der Waals surface area contributed by atoms with Crippen LogP contribution in [0, 0.1) is 5.92 Å². The fourth-order valence-electron chi connectivity index (χ4n) is 1.60. The summed E-state index contributed by atoms with van der Waals surface area (Å²) in [6, 6.07) is 0. The van der Waals surface area contributed by atoms with E-state index in [-0.39, 0.29) is 65.3 Å². The Bertz CT molecular complexity index is 201. The van der Waals surface area contributed by atoms with E-state index in [1.165, 1.54) is 6.42 Å². The first-order valence-corrected chi connectivity index (χ1v) is 7.22. The van der Waals surface area contributed by atoms with Gasteiger partial charge < -0.3 is 11.2 Å². The van der Waals surface area contributed by atoms with Crippen LogP contribution in [-0.2, 0) is 9.09 Å². The summed E-state index contributed by atoms with van der Waals surface area (Å²) in [5, 5.41) is 0. The van der Waals surface area contributed by atoms with Crippen LogP contribution in [0.25, 0.3) is 0 Å². The first kappa shape index (κ1) is 20.1. The van der Waals surface area contributed by atoms with E-state index in [4.69, 9.17) is 9.79 Å². The SMILES string of the molecule is CCCCCC(CCC)COP(=O)(O)O.[H-].[K+]. The van der Waals surface area contributed by atoms with Gasteiger partial charge in [0.25, 0.3) is 0 Å². The van der Waals surface area contributed by atoms with Crippen LogP contribution in [0.3, 0.4) is 0 Å². The smallest absolute Gasteiger partial charge is 1.00 e. The van der Waals surface area contributed by atoms with Crippen LogP contribution in [0.1, 0.15) is 53.8 Å². The predicted molar refractivity (Wildman–Crippen MR) is 61.6 cm³/mol. The fraction of sp³-hybridized carbons (Fsp3) is 1.00. The minimum Gasteiger partial charge on any atom is -1.00 e. The molecule has 0 aromatic carbocycles. The van der Waals surface area contributed by atoms with Gasteiger partial charge in [0.1, 0.15) is 0 Å². The van der Waals surface area contributed by atoms with Crippen molar-refractivity contribution in [3.8, 4) is 0 Å². The van der Waals surface area contributed by atoms with Crippen LogP contribution in [-0.4, -0.2) is 16.4 Å². The third kappa shape index (κ3) is 13.8. The largest absolute Gasteiger partial charge is 1.00 e. The summed E-state index contributed by atoms with van der Waals surface area (Å²) in [5.74, 6) is 0.286. The number of phosphoric acid groups is 1. The molecule has 0 aliphatic rings. The molecule has 2 N–H and O–H groups in total. The maximum Gasteiger partial charge on any atom is 1.00 e. The second-order valence-corrected chi connectivity index (χ2v) is 5.18. The molecule has 1 unspecified atom stereocenters. The molecule has 0 saturated heterocycles. The van der Waals surface area contributed by atoms with E-state index in [1.807, 2.05) is 0 Å². The maximum absolute atomic E-state index is 10.5. The van der Waals surface area contributed by atoms with Gasteiger partial charge >= 0.3 is 59.2 Å². The number of phosphoric ester groups is 1. The molecule has 94 valence electrons. The van der Waals surface area contributed by atoms with Crippen molar-refractivity contribution >= 4 is 7.82 Å². The van der Waals surface area contributed by atoms with E-state index < -0.39 is 7.82 Å². The zero-order valence-electron chi connectivity index (χ0n) is 11.7. The molecular formula is C10H24KO4P. The molecular weight excluding hydrogens is 254 g/mol. The third-order valence-electron chi connectivity index (χ3n) is 2.39. The van der Waals surface area contributed by atoms with Crippen LogP contribution in [0.15, 0.2) is 0 Å². The topological polar surface area (TPSA) is 66.8 Å². The molecule has 0 radical (unpaired) electrons. The van der Waals surface area contributed by atoms with E-state index in [1.54, 1.807) is 0 Å². The van der Waals surface area contributed by atoms with Crippen molar-refractivity contribution < 1.29 is 71.7 Å². The first-order valence-electron chi connectivity index (χ1n) is 5.69. The molecule has 4 nitrogen and oxygen atoms in total. The normalized spacial score (nSPS) is 13.2. The minimum absolute atomic E-state index is 0. The molecule has 0 saturated carbocycles. The summed E-state index contributed by atoms with van der Waals surface area (Å²) in [7, 11) is -4.28. The van der Waals surface area contributed by atoms with Crippen molar-refractivity contribution in [2.75, 3.05) is 6.61 Å². The van der Waals surface area contributed by atoms with Gasteiger partial charge in [-0.1, -0.05) is 39.5 Å². The Balaban J connectivity index is -0.000000980. The second kappa shape index (κ2) is 11.8. The van der Waals surface area contributed by atoms with Crippen LogP contribution in [0.4, 0.5) is 0 Å². The van der Waals surface area contributed by atoms with Gasteiger partial charge in [-0.25, -0.2) is 4.57 Å². The van der Waals surface area contributed by atoms with Crippen LogP contribution >= 0.6 is 7.82 Å². The van der Waals surface area contributed by atoms with E-state index in [2.05, 4.69) is 18.4 Å².